The molecule has 0 fully saturated rings. The van der Waals surface area contributed by atoms with Crippen LogP contribution in [0.5, 0.6) is 0 Å². The van der Waals surface area contributed by atoms with Crippen LogP contribution in [0.2, 0.25) is 0 Å². The van der Waals surface area contributed by atoms with Gasteiger partial charge in [0.15, 0.2) is 5.82 Å². The van der Waals surface area contributed by atoms with Crippen molar-refractivity contribution in [2.45, 2.75) is 13.0 Å². The summed E-state index contributed by atoms with van der Waals surface area (Å²) >= 11 is 0. The summed E-state index contributed by atoms with van der Waals surface area (Å²) in [5, 5.41) is 18.9. The summed E-state index contributed by atoms with van der Waals surface area (Å²) in [6, 6.07) is -0.968. The Kier molecular flexibility index (Phi) is 4.88. The van der Waals surface area contributed by atoms with Crippen LogP contribution in [0.4, 0.5) is 4.79 Å². The van der Waals surface area contributed by atoms with Crippen LogP contribution in [0.3, 0.4) is 0 Å². The molecular weight excluding hydrogens is 250 g/mol. The third-order valence-electron chi connectivity index (χ3n) is 2.37. The maximum Gasteiger partial charge on any atom is 0.323 e. The zero-order valence-electron chi connectivity index (χ0n) is 10.7. The number of urea groups is 1. The number of carboxylic acid groups (broad SMARTS) is 1. The zero-order chi connectivity index (χ0) is 14.4. The van der Waals surface area contributed by atoms with Crippen LogP contribution < -0.4 is 5.32 Å². The van der Waals surface area contributed by atoms with Crippen molar-refractivity contribution in [3.05, 3.63) is 12.2 Å². The predicted molar refractivity (Wildman–Crippen MR) is 66.0 cm³/mol. The van der Waals surface area contributed by atoms with Crippen LogP contribution >= 0.6 is 0 Å². The van der Waals surface area contributed by atoms with Gasteiger partial charge < -0.3 is 19.9 Å². The molecule has 102 valence electrons. The number of nitrogens with one attached hydrogen (secondary N) is 1. The van der Waals surface area contributed by atoms with E-state index >= 15 is 0 Å². The number of carbonyl (C=O) groups excluding carboxylic acids is 1. The van der Waals surface area contributed by atoms with Crippen molar-refractivity contribution < 1.29 is 14.7 Å². The zero-order valence-corrected chi connectivity index (χ0v) is 10.7. The van der Waals surface area contributed by atoms with E-state index in [1.165, 1.54) is 6.33 Å². The molecular formula is C11H15N5O3. The number of rotatable bonds is 5. The number of carboxylic acids is 1. The number of aryl methyl sites for hydroxylation is 1. The number of hydrogen-bond acceptors (Lipinski definition) is 4. The van der Waals surface area contributed by atoms with Crippen molar-refractivity contribution in [3.63, 3.8) is 0 Å². The second-order valence-electron chi connectivity index (χ2n) is 3.93. The highest BCUT2D eigenvalue weighted by atomic mass is 16.4. The molecule has 1 rings (SSSR count). The van der Waals surface area contributed by atoms with Gasteiger partial charge in [-0.05, 0) is 6.92 Å². The maximum atomic E-state index is 11.9. The summed E-state index contributed by atoms with van der Waals surface area (Å²) in [6.45, 7) is 1.18. The predicted octanol–water partition coefficient (Wildman–Crippen LogP) is -0.394. The summed E-state index contributed by atoms with van der Waals surface area (Å²) in [4.78, 5) is 23.5. The summed E-state index contributed by atoms with van der Waals surface area (Å²) in [5.41, 5.74) is 0. The second-order valence-corrected chi connectivity index (χ2v) is 3.93. The van der Waals surface area contributed by atoms with Crippen LogP contribution in [0, 0.1) is 12.3 Å². The molecule has 0 saturated heterocycles. The lowest BCUT2D eigenvalue weighted by molar-refractivity contribution is -0.137. The first-order valence-electron chi connectivity index (χ1n) is 5.50. The van der Waals surface area contributed by atoms with E-state index in [-0.39, 0.29) is 6.54 Å². The molecule has 0 spiro atoms. The van der Waals surface area contributed by atoms with Gasteiger partial charge in [-0.2, -0.15) is 0 Å². The van der Waals surface area contributed by atoms with Crippen LogP contribution in [0.15, 0.2) is 6.33 Å². The Bertz CT molecular complexity index is 505. The quantitative estimate of drug-likeness (QED) is 0.706. The average Bonchev–Trinajstić information content (AvgIpc) is 2.74. The Morgan fingerprint density at radius 2 is 2.37 bits per heavy atom. The normalized spacial score (nSPS) is 11.4. The summed E-state index contributed by atoms with van der Waals surface area (Å²) in [5.74, 6) is 1.67. The van der Waals surface area contributed by atoms with Crippen molar-refractivity contribution in [2.75, 3.05) is 13.1 Å². The Hall–Kier alpha value is -2.56. The molecule has 8 heteroatoms. The van der Waals surface area contributed by atoms with Gasteiger partial charge in [0.25, 0.3) is 0 Å². The van der Waals surface area contributed by atoms with Crippen molar-refractivity contribution in [2.24, 2.45) is 7.05 Å². The largest absolute Gasteiger partial charge is 0.480 e. The summed E-state index contributed by atoms with van der Waals surface area (Å²) in [7, 11) is 1.74. The maximum absolute atomic E-state index is 11.9. The number of terminal acetylenes is 1. The van der Waals surface area contributed by atoms with Gasteiger partial charge in [-0.1, -0.05) is 5.92 Å². The summed E-state index contributed by atoms with van der Waals surface area (Å²) in [6.07, 6.45) is 6.61. The van der Waals surface area contributed by atoms with Gasteiger partial charge in [0.2, 0.25) is 0 Å². The van der Waals surface area contributed by atoms with Crippen molar-refractivity contribution in [1.82, 2.24) is 25.0 Å². The lowest BCUT2D eigenvalue weighted by Crippen LogP contribution is -2.44. The van der Waals surface area contributed by atoms with Crippen molar-refractivity contribution in [1.29, 1.82) is 0 Å². The van der Waals surface area contributed by atoms with E-state index in [9.17, 15) is 9.59 Å². The molecule has 0 radical (unpaired) electrons. The third kappa shape index (κ3) is 3.99. The Morgan fingerprint density at radius 3 is 2.84 bits per heavy atom. The first-order chi connectivity index (χ1) is 8.95. The molecule has 0 aromatic carbocycles. The number of aliphatic carboxylic acids is 1. The number of amides is 2. The molecule has 0 bridgehead atoms. The van der Waals surface area contributed by atoms with E-state index in [4.69, 9.17) is 11.5 Å². The summed E-state index contributed by atoms with van der Waals surface area (Å²) < 4.78 is 1.66. The van der Waals surface area contributed by atoms with E-state index < -0.39 is 24.6 Å². The minimum absolute atomic E-state index is 0.0797. The van der Waals surface area contributed by atoms with E-state index in [1.807, 2.05) is 0 Å². The molecule has 19 heavy (non-hydrogen) atoms. The molecule has 0 aliphatic rings. The Morgan fingerprint density at radius 1 is 1.68 bits per heavy atom. The van der Waals surface area contributed by atoms with Gasteiger partial charge in [0.05, 0.1) is 12.6 Å². The van der Waals surface area contributed by atoms with Gasteiger partial charge in [-0.25, -0.2) is 4.79 Å². The van der Waals surface area contributed by atoms with Crippen LogP contribution in [0.25, 0.3) is 0 Å². The van der Waals surface area contributed by atoms with Crippen LogP contribution in [0.1, 0.15) is 18.8 Å². The monoisotopic (exact) mass is 265 g/mol. The molecule has 0 aliphatic carbocycles. The Balaban J connectivity index is 2.69. The number of carbonyl (C=O) groups is 2. The van der Waals surface area contributed by atoms with Crippen LogP contribution in [-0.2, 0) is 11.8 Å². The number of hydrogen-bond donors (Lipinski definition) is 2. The number of nitrogens with zero attached hydrogens (tertiary/aromatic N) is 4. The minimum Gasteiger partial charge on any atom is -0.480 e. The molecule has 8 nitrogen and oxygen atoms in total. The molecule has 1 aromatic heterocycles. The molecule has 1 unspecified atom stereocenters. The van der Waals surface area contributed by atoms with E-state index in [0.717, 1.165) is 4.90 Å². The topological polar surface area (TPSA) is 100 Å². The molecule has 2 amide bonds. The smallest absolute Gasteiger partial charge is 0.323 e. The van der Waals surface area contributed by atoms with E-state index in [0.29, 0.717) is 5.82 Å². The van der Waals surface area contributed by atoms with Gasteiger partial charge in [0.1, 0.15) is 12.9 Å². The fourth-order valence-electron chi connectivity index (χ4n) is 1.50. The first kappa shape index (κ1) is 14.5. The molecule has 1 aromatic rings. The van der Waals surface area contributed by atoms with Crippen molar-refractivity contribution in [3.8, 4) is 12.3 Å². The van der Waals surface area contributed by atoms with Gasteiger partial charge in [0, 0.05) is 7.05 Å². The van der Waals surface area contributed by atoms with E-state index in [1.54, 1.807) is 18.5 Å². The molecule has 0 saturated carbocycles. The van der Waals surface area contributed by atoms with Crippen LogP contribution in [-0.4, -0.2) is 49.9 Å². The van der Waals surface area contributed by atoms with Gasteiger partial charge in [-0.15, -0.1) is 16.6 Å². The highest BCUT2D eigenvalue weighted by molar-refractivity contribution is 5.80. The molecule has 0 aliphatic heterocycles. The fourth-order valence-corrected chi connectivity index (χ4v) is 1.50. The standard InChI is InChI=1S/C11H15N5O3/c1-4-5-16(6-9(17)18)11(19)13-8(2)10-14-12-7-15(10)3/h1,7-8H,5-6H2,2-3H3,(H,13,19)(H,17,18). The molecule has 1 atom stereocenters. The lowest BCUT2D eigenvalue weighted by Gasteiger charge is -2.21. The van der Waals surface area contributed by atoms with Gasteiger partial charge in [-0.3, -0.25) is 4.79 Å². The lowest BCUT2D eigenvalue weighted by atomic mass is 10.3. The number of aromatic nitrogens is 3. The average molecular weight is 265 g/mol. The first-order valence-corrected chi connectivity index (χ1v) is 5.50. The molecule has 1 heterocycles. The highest BCUT2D eigenvalue weighted by Gasteiger charge is 2.20. The third-order valence-corrected chi connectivity index (χ3v) is 2.37. The van der Waals surface area contributed by atoms with Gasteiger partial charge >= 0.3 is 12.0 Å². The SMILES string of the molecule is C#CCN(CC(=O)O)C(=O)NC(C)c1nncn1C. The fraction of sp³-hybridized carbons (Fsp3) is 0.455. The highest BCUT2D eigenvalue weighted by Crippen LogP contribution is 2.07. The van der Waals surface area contributed by atoms with Crippen molar-refractivity contribution >= 4 is 12.0 Å². The Labute approximate surface area is 110 Å². The minimum atomic E-state index is -1.13. The second kappa shape index (κ2) is 6.39. The van der Waals surface area contributed by atoms with E-state index in [2.05, 4.69) is 21.4 Å². The molecule has 2 N–H and O–H groups in total.